The molecule has 0 amide bonds. The van der Waals surface area contributed by atoms with E-state index in [-0.39, 0.29) is 17.2 Å². The second kappa shape index (κ2) is 9.33. The number of nitrogens with zero attached hydrogens (tertiary/aromatic N) is 6. The molecule has 2 aliphatic rings. The highest BCUT2D eigenvalue weighted by atomic mass is 19.1. The van der Waals surface area contributed by atoms with Gasteiger partial charge in [0.2, 0.25) is 0 Å². The van der Waals surface area contributed by atoms with Gasteiger partial charge in [-0.2, -0.15) is 9.97 Å². The number of ether oxygens (including phenoxy) is 1. The molecule has 1 N–H and O–H groups in total. The summed E-state index contributed by atoms with van der Waals surface area (Å²) in [6.45, 7) is 1.95. The minimum atomic E-state index is -0.463. The maximum Gasteiger partial charge on any atom is 0.319 e. The van der Waals surface area contributed by atoms with Gasteiger partial charge in [-0.05, 0) is 23.6 Å². The van der Waals surface area contributed by atoms with E-state index < -0.39 is 5.82 Å². The van der Waals surface area contributed by atoms with Crippen molar-refractivity contribution in [1.82, 2.24) is 29.8 Å². The zero-order chi connectivity index (χ0) is 25.6. The van der Waals surface area contributed by atoms with E-state index in [1.165, 1.54) is 0 Å². The highest BCUT2D eigenvalue weighted by Crippen LogP contribution is 2.36. The van der Waals surface area contributed by atoms with E-state index in [1.54, 1.807) is 12.4 Å². The van der Waals surface area contributed by atoms with Gasteiger partial charge >= 0.3 is 6.01 Å². The number of fused-ring (bicyclic) bond motifs is 4. The van der Waals surface area contributed by atoms with Crippen molar-refractivity contribution in [2.75, 3.05) is 24.6 Å². The molecule has 5 aromatic rings. The van der Waals surface area contributed by atoms with Crippen LogP contribution in [-0.4, -0.2) is 56.3 Å². The first kappa shape index (κ1) is 23.0. The number of imidazole rings is 1. The molecule has 0 spiro atoms. The van der Waals surface area contributed by atoms with Gasteiger partial charge in [0.25, 0.3) is 0 Å². The van der Waals surface area contributed by atoms with Crippen molar-refractivity contribution in [2.24, 2.45) is 7.05 Å². The predicted octanol–water partition coefficient (Wildman–Crippen LogP) is 4.28. The van der Waals surface area contributed by atoms with Crippen LogP contribution in [0.15, 0.2) is 61.1 Å². The number of aromatic nitrogens is 5. The second-order valence-electron chi connectivity index (χ2n) is 10.1. The van der Waals surface area contributed by atoms with Crippen LogP contribution in [0.5, 0.6) is 6.01 Å². The molecule has 5 heterocycles. The van der Waals surface area contributed by atoms with Crippen LogP contribution in [0.25, 0.3) is 32.9 Å². The van der Waals surface area contributed by atoms with Crippen LogP contribution in [-0.2, 0) is 13.5 Å². The van der Waals surface area contributed by atoms with Crippen LogP contribution in [0.1, 0.15) is 18.7 Å². The Morgan fingerprint density at radius 2 is 1.82 bits per heavy atom. The Hall–Kier alpha value is -4.11. The van der Waals surface area contributed by atoms with E-state index in [1.807, 2.05) is 60.3 Å². The zero-order valence-corrected chi connectivity index (χ0v) is 21.1. The minimum Gasteiger partial charge on any atom is -0.463 e. The fourth-order valence-corrected chi connectivity index (χ4v) is 5.79. The molecule has 8 nitrogen and oxygen atoms in total. The lowest BCUT2D eigenvalue weighted by atomic mass is 10.0. The number of aryl methyl sites for hydroxylation is 1. The van der Waals surface area contributed by atoms with Gasteiger partial charge in [-0.15, -0.1) is 0 Å². The average Bonchev–Trinajstić information content (AvgIpc) is 3.51. The van der Waals surface area contributed by atoms with Crippen LogP contribution in [0.4, 0.5) is 10.2 Å². The molecule has 2 saturated heterocycles. The molecule has 2 fully saturated rings. The highest BCUT2D eigenvalue weighted by Gasteiger charge is 2.34. The van der Waals surface area contributed by atoms with Crippen molar-refractivity contribution in [3.63, 3.8) is 0 Å². The predicted molar refractivity (Wildman–Crippen MR) is 145 cm³/mol. The fourth-order valence-electron chi connectivity index (χ4n) is 5.79. The number of halogens is 1. The monoisotopic (exact) mass is 509 g/mol. The lowest BCUT2D eigenvalue weighted by molar-refractivity contribution is 0.293. The number of benzene rings is 2. The SMILES string of the molecule is Cn1ccnc1CCOc1nc(N2CC3CCC(C2)N3)c2cnc(-c3cccc4ccccc34)c(F)c2n1. The summed E-state index contributed by atoms with van der Waals surface area (Å²) in [5, 5.41) is 6.23. The number of piperazine rings is 1. The Kier molecular flexibility index (Phi) is 5.65. The van der Waals surface area contributed by atoms with E-state index in [2.05, 4.69) is 25.2 Å². The summed E-state index contributed by atoms with van der Waals surface area (Å²) in [5.74, 6) is 1.11. The van der Waals surface area contributed by atoms with Gasteiger partial charge in [-0.1, -0.05) is 42.5 Å². The van der Waals surface area contributed by atoms with Crippen LogP contribution in [0.2, 0.25) is 0 Å². The Labute approximate surface area is 219 Å². The Morgan fingerprint density at radius 3 is 2.63 bits per heavy atom. The van der Waals surface area contributed by atoms with Crippen LogP contribution in [0.3, 0.4) is 0 Å². The molecule has 2 unspecified atom stereocenters. The standard InChI is InChI=1S/C29H28FN7O/c1-36-13-12-31-24(36)11-14-38-29-34-27-23(28(35-29)37-16-19-9-10-20(17-37)33-19)15-32-26(25(27)30)22-8-4-6-18-5-2-3-7-21(18)22/h2-8,12-13,15,19-20,33H,9-11,14,16-17H2,1H3. The quantitative estimate of drug-likeness (QED) is 0.366. The Morgan fingerprint density at radius 1 is 1.00 bits per heavy atom. The Balaban J connectivity index is 1.32. The molecule has 9 heteroatoms. The molecule has 2 aromatic carbocycles. The molecule has 0 radical (unpaired) electrons. The molecule has 7 rings (SSSR count). The lowest BCUT2D eigenvalue weighted by Crippen LogP contribution is -2.51. The second-order valence-corrected chi connectivity index (χ2v) is 10.1. The van der Waals surface area contributed by atoms with Gasteiger partial charge in [0.15, 0.2) is 5.82 Å². The molecule has 0 saturated carbocycles. The van der Waals surface area contributed by atoms with E-state index in [9.17, 15) is 0 Å². The zero-order valence-electron chi connectivity index (χ0n) is 21.1. The van der Waals surface area contributed by atoms with Gasteiger partial charge in [-0.3, -0.25) is 4.98 Å². The maximum absolute atomic E-state index is 16.3. The van der Waals surface area contributed by atoms with Crippen molar-refractivity contribution < 1.29 is 9.13 Å². The summed E-state index contributed by atoms with van der Waals surface area (Å²) < 4.78 is 24.3. The first-order valence-corrected chi connectivity index (χ1v) is 13.1. The smallest absolute Gasteiger partial charge is 0.319 e. The number of hydrogen-bond donors (Lipinski definition) is 1. The van der Waals surface area contributed by atoms with E-state index in [0.717, 1.165) is 48.1 Å². The third kappa shape index (κ3) is 4.03. The number of anilines is 1. The third-order valence-electron chi connectivity index (χ3n) is 7.68. The maximum atomic E-state index is 16.3. The third-order valence-corrected chi connectivity index (χ3v) is 7.68. The fraction of sp³-hybridized carbons (Fsp3) is 0.310. The average molecular weight is 510 g/mol. The highest BCUT2D eigenvalue weighted by molar-refractivity contribution is 5.99. The molecule has 2 atom stereocenters. The van der Waals surface area contributed by atoms with Crippen molar-refractivity contribution in [3.05, 3.63) is 72.7 Å². The van der Waals surface area contributed by atoms with E-state index in [4.69, 9.17) is 9.72 Å². The van der Waals surface area contributed by atoms with Gasteiger partial charge in [0.05, 0.1) is 12.0 Å². The van der Waals surface area contributed by atoms with Crippen molar-refractivity contribution >= 4 is 27.5 Å². The van der Waals surface area contributed by atoms with E-state index >= 15 is 4.39 Å². The van der Waals surface area contributed by atoms with E-state index in [0.29, 0.717) is 36.3 Å². The van der Waals surface area contributed by atoms with Gasteiger partial charge < -0.3 is 19.5 Å². The number of nitrogens with one attached hydrogen (secondary N) is 1. The summed E-state index contributed by atoms with van der Waals surface area (Å²) in [4.78, 5) is 20.6. The topological polar surface area (TPSA) is 81.0 Å². The normalized spacial score (nSPS) is 18.9. The minimum absolute atomic E-state index is 0.168. The number of rotatable bonds is 6. The summed E-state index contributed by atoms with van der Waals surface area (Å²) >= 11 is 0. The summed E-state index contributed by atoms with van der Waals surface area (Å²) in [6.07, 6.45) is 8.24. The Bertz CT molecular complexity index is 1630. The first-order chi connectivity index (χ1) is 18.6. The van der Waals surface area contributed by atoms with Gasteiger partial charge in [0.1, 0.15) is 22.9 Å². The molecule has 2 aliphatic heterocycles. The summed E-state index contributed by atoms with van der Waals surface area (Å²) in [7, 11) is 1.95. The number of hydrogen-bond acceptors (Lipinski definition) is 7. The van der Waals surface area contributed by atoms with Crippen molar-refractivity contribution in [3.8, 4) is 17.3 Å². The van der Waals surface area contributed by atoms with Gasteiger partial charge in [-0.25, -0.2) is 9.37 Å². The summed E-state index contributed by atoms with van der Waals surface area (Å²) in [6, 6.07) is 14.8. The van der Waals surface area contributed by atoms with Crippen molar-refractivity contribution in [2.45, 2.75) is 31.3 Å². The van der Waals surface area contributed by atoms with Crippen molar-refractivity contribution in [1.29, 1.82) is 0 Å². The van der Waals surface area contributed by atoms with Crippen LogP contribution < -0.4 is 15.0 Å². The van der Waals surface area contributed by atoms with Crippen LogP contribution >= 0.6 is 0 Å². The molecule has 3 aromatic heterocycles. The van der Waals surface area contributed by atoms with Crippen LogP contribution in [0, 0.1) is 5.82 Å². The first-order valence-electron chi connectivity index (χ1n) is 13.1. The molecule has 0 aliphatic carbocycles. The number of pyridine rings is 1. The molecule has 2 bridgehead atoms. The largest absolute Gasteiger partial charge is 0.463 e. The van der Waals surface area contributed by atoms with Gasteiger partial charge in [0, 0.05) is 62.8 Å². The molecular formula is C29H28FN7O. The molecule has 192 valence electrons. The summed E-state index contributed by atoms with van der Waals surface area (Å²) in [5.41, 5.74) is 1.24. The lowest BCUT2D eigenvalue weighted by Gasteiger charge is -2.34. The molecule has 38 heavy (non-hydrogen) atoms. The molecular weight excluding hydrogens is 481 g/mol.